The molecule has 218 valence electrons. The molecular formula is C31H56N3O4+. The number of unbranched alkanes of at least 4 members (excludes halogenated alkanes) is 15. The van der Waals surface area contributed by atoms with Crippen LogP contribution < -0.4 is 15.2 Å². The lowest BCUT2D eigenvalue weighted by atomic mass is 10.0. The molecule has 0 aromatic carbocycles. The van der Waals surface area contributed by atoms with Gasteiger partial charge >= 0.3 is 12.2 Å². The summed E-state index contributed by atoms with van der Waals surface area (Å²) in [6.45, 7) is 6.66. The number of carbonyl (C=O) groups excluding carboxylic acids is 2. The number of aromatic nitrogens is 1. The lowest BCUT2D eigenvalue weighted by Crippen LogP contribution is -2.39. The van der Waals surface area contributed by atoms with Crippen molar-refractivity contribution in [3.05, 3.63) is 30.1 Å². The maximum Gasteiger partial charge on any atom is 0.407 e. The molecule has 0 unspecified atom stereocenters. The minimum Gasteiger partial charge on any atom is -0.449 e. The van der Waals surface area contributed by atoms with Crippen LogP contribution in [0.4, 0.5) is 9.59 Å². The molecule has 0 aliphatic carbocycles. The van der Waals surface area contributed by atoms with Crippen molar-refractivity contribution in [2.24, 2.45) is 0 Å². The molecule has 1 rings (SSSR count). The molecule has 7 heteroatoms. The fraction of sp³-hybridized carbons (Fsp3) is 0.774. The van der Waals surface area contributed by atoms with Crippen molar-refractivity contribution in [3.8, 4) is 0 Å². The number of alkyl carbamates (subject to hydrolysis) is 2. The van der Waals surface area contributed by atoms with Gasteiger partial charge in [-0.3, -0.25) is 0 Å². The van der Waals surface area contributed by atoms with Crippen molar-refractivity contribution in [2.75, 3.05) is 19.8 Å². The van der Waals surface area contributed by atoms with Crippen LogP contribution in [0.2, 0.25) is 0 Å². The van der Waals surface area contributed by atoms with Crippen molar-refractivity contribution in [1.29, 1.82) is 0 Å². The van der Waals surface area contributed by atoms with E-state index in [0.717, 1.165) is 25.1 Å². The van der Waals surface area contributed by atoms with Gasteiger partial charge in [0.15, 0.2) is 6.20 Å². The third-order valence-electron chi connectivity index (χ3n) is 6.84. The third kappa shape index (κ3) is 19.8. The normalized spacial score (nSPS) is 10.8. The molecule has 0 aliphatic heterocycles. The number of nitrogens with one attached hydrogen (secondary N) is 2. The highest BCUT2D eigenvalue weighted by atomic mass is 16.6. The van der Waals surface area contributed by atoms with Gasteiger partial charge in [0.2, 0.25) is 5.69 Å². The van der Waals surface area contributed by atoms with Crippen molar-refractivity contribution in [2.45, 2.75) is 136 Å². The van der Waals surface area contributed by atoms with Crippen LogP contribution in [-0.2, 0) is 22.6 Å². The molecule has 0 spiro atoms. The second-order valence-electron chi connectivity index (χ2n) is 10.2. The van der Waals surface area contributed by atoms with Crippen LogP contribution in [0.5, 0.6) is 0 Å². The zero-order valence-corrected chi connectivity index (χ0v) is 24.4. The lowest BCUT2D eigenvalue weighted by Gasteiger charge is -2.08. The average molecular weight is 535 g/mol. The zero-order chi connectivity index (χ0) is 27.5. The van der Waals surface area contributed by atoms with Crippen LogP contribution in [0, 0.1) is 0 Å². The summed E-state index contributed by atoms with van der Waals surface area (Å²) < 4.78 is 12.4. The molecule has 0 atom stereocenters. The number of rotatable bonds is 24. The Morgan fingerprint density at radius 3 is 1.68 bits per heavy atom. The summed E-state index contributed by atoms with van der Waals surface area (Å²) >= 11 is 0. The Morgan fingerprint density at radius 1 is 0.658 bits per heavy atom. The van der Waals surface area contributed by atoms with Crippen LogP contribution >= 0.6 is 0 Å². The van der Waals surface area contributed by atoms with Gasteiger partial charge in [0.05, 0.1) is 13.2 Å². The van der Waals surface area contributed by atoms with E-state index in [4.69, 9.17) is 9.47 Å². The molecule has 7 nitrogen and oxygen atoms in total. The van der Waals surface area contributed by atoms with E-state index in [0.29, 0.717) is 19.5 Å². The van der Waals surface area contributed by atoms with Gasteiger partial charge in [0, 0.05) is 25.1 Å². The van der Waals surface area contributed by atoms with Gasteiger partial charge in [-0.05, 0) is 13.3 Å². The fourth-order valence-electron chi connectivity index (χ4n) is 4.50. The lowest BCUT2D eigenvalue weighted by molar-refractivity contribution is -0.701. The number of carbonyl (C=O) groups is 2. The number of hydrogen-bond donors (Lipinski definition) is 2. The van der Waals surface area contributed by atoms with E-state index in [2.05, 4.69) is 29.0 Å². The zero-order valence-electron chi connectivity index (χ0n) is 24.4. The first-order chi connectivity index (χ1) is 18.7. The second kappa shape index (κ2) is 25.0. The minimum atomic E-state index is -0.468. The van der Waals surface area contributed by atoms with Crippen LogP contribution in [0.25, 0.3) is 0 Å². The summed E-state index contributed by atoms with van der Waals surface area (Å²) in [6.07, 6.45) is 23.0. The van der Waals surface area contributed by atoms with Gasteiger partial charge in [0.25, 0.3) is 0 Å². The Balaban J connectivity index is 1.81. The smallest absolute Gasteiger partial charge is 0.407 e. The maximum absolute atomic E-state index is 11.8. The number of nitrogens with zero attached hydrogens (tertiary/aromatic N) is 1. The minimum absolute atomic E-state index is 0.209. The Kier molecular flexibility index (Phi) is 22.2. The maximum atomic E-state index is 11.8. The number of aryl methyl sites for hydroxylation is 1. The predicted molar refractivity (Wildman–Crippen MR) is 154 cm³/mol. The fourth-order valence-corrected chi connectivity index (χ4v) is 4.50. The Bertz CT molecular complexity index is 714. The highest BCUT2D eigenvalue weighted by Gasteiger charge is 2.10. The summed E-state index contributed by atoms with van der Waals surface area (Å²) in [7, 11) is 0. The number of pyridine rings is 1. The van der Waals surface area contributed by atoms with E-state index in [-0.39, 0.29) is 13.2 Å². The summed E-state index contributed by atoms with van der Waals surface area (Å²) in [5, 5.41) is 5.54. The van der Waals surface area contributed by atoms with Crippen molar-refractivity contribution < 1.29 is 23.6 Å². The van der Waals surface area contributed by atoms with Crippen molar-refractivity contribution in [1.82, 2.24) is 10.6 Å². The standard InChI is InChI=1S/C31H55N3O4/c1-3-5-6-7-8-9-10-11-12-13-14-15-16-17-18-20-24-32-30(35)37-26-22-27-38-31(36)33-28-29-23-19-21-25-34(29)4-2/h19,21,23,25H,3-18,20,22,24,26-28H2,1-2H3,(H-,32,33,35,36)/p+1. The first kappa shape index (κ1) is 33.7. The van der Waals surface area contributed by atoms with Gasteiger partial charge in [-0.15, -0.1) is 0 Å². The van der Waals surface area contributed by atoms with Gasteiger partial charge in [0.1, 0.15) is 13.1 Å². The van der Waals surface area contributed by atoms with E-state index in [1.807, 2.05) is 24.4 Å². The molecule has 1 aromatic heterocycles. The SMILES string of the molecule is CCCCCCCCCCCCCCCCCCNC(=O)OCCCOC(=O)NCc1cccc[n+]1CC. The topological polar surface area (TPSA) is 80.5 Å². The quantitative estimate of drug-likeness (QED) is 0.106. The molecule has 1 aromatic rings. The van der Waals surface area contributed by atoms with E-state index >= 15 is 0 Å². The van der Waals surface area contributed by atoms with E-state index in [1.165, 1.54) is 89.9 Å². The third-order valence-corrected chi connectivity index (χ3v) is 6.84. The molecular weight excluding hydrogens is 478 g/mol. The molecule has 38 heavy (non-hydrogen) atoms. The second-order valence-corrected chi connectivity index (χ2v) is 10.2. The highest BCUT2D eigenvalue weighted by Crippen LogP contribution is 2.13. The van der Waals surface area contributed by atoms with E-state index < -0.39 is 12.2 Å². The summed E-state index contributed by atoms with van der Waals surface area (Å²) in [5.74, 6) is 0. The predicted octanol–water partition coefficient (Wildman–Crippen LogP) is 7.60. The summed E-state index contributed by atoms with van der Waals surface area (Å²) in [5.41, 5.74) is 1.01. The van der Waals surface area contributed by atoms with Crippen LogP contribution in [0.3, 0.4) is 0 Å². The molecule has 2 amide bonds. The van der Waals surface area contributed by atoms with Crippen LogP contribution in [0.15, 0.2) is 24.4 Å². The number of ether oxygens (including phenoxy) is 2. The molecule has 0 saturated carbocycles. The Hall–Kier alpha value is -2.31. The van der Waals surface area contributed by atoms with Crippen molar-refractivity contribution in [3.63, 3.8) is 0 Å². The molecule has 0 aliphatic rings. The van der Waals surface area contributed by atoms with Crippen LogP contribution in [-0.4, -0.2) is 31.9 Å². The molecule has 0 fully saturated rings. The average Bonchev–Trinajstić information content (AvgIpc) is 2.93. The van der Waals surface area contributed by atoms with E-state index in [1.54, 1.807) is 0 Å². The first-order valence-corrected chi connectivity index (χ1v) is 15.5. The first-order valence-electron chi connectivity index (χ1n) is 15.5. The number of amides is 2. The van der Waals surface area contributed by atoms with E-state index in [9.17, 15) is 9.59 Å². The Labute approximate surface area is 232 Å². The Morgan fingerprint density at radius 2 is 1.16 bits per heavy atom. The molecule has 0 saturated heterocycles. The molecule has 0 bridgehead atoms. The summed E-state index contributed by atoms with van der Waals surface area (Å²) in [6, 6.07) is 5.87. The molecule has 2 N–H and O–H groups in total. The highest BCUT2D eigenvalue weighted by molar-refractivity contribution is 5.67. The molecule has 0 radical (unpaired) electrons. The largest absolute Gasteiger partial charge is 0.449 e. The summed E-state index contributed by atoms with van der Waals surface area (Å²) in [4.78, 5) is 23.6. The molecule has 1 heterocycles. The van der Waals surface area contributed by atoms with Crippen molar-refractivity contribution >= 4 is 12.2 Å². The van der Waals surface area contributed by atoms with Gasteiger partial charge in [-0.1, -0.05) is 109 Å². The van der Waals surface area contributed by atoms with Gasteiger partial charge in [-0.25, -0.2) is 14.2 Å². The number of hydrogen-bond acceptors (Lipinski definition) is 4. The van der Waals surface area contributed by atoms with Gasteiger partial charge < -0.3 is 20.1 Å². The van der Waals surface area contributed by atoms with Crippen LogP contribution in [0.1, 0.15) is 129 Å². The monoisotopic (exact) mass is 534 g/mol. The van der Waals surface area contributed by atoms with Gasteiger partial charge in [-0.2, -0.15) is 0 Å².